The van der Waals surface area contributed by atoms with Gasteiger partial charge in [-0.15, -0.1) is 0 Å². The Morgan fingerprint density at radius 1 is 1.39 bits per heavy atom. The molecule has 1 aromatic carbocycles. The molecule has 96 valence electrons. The average Bonchev–Trinajstić information content (AvgIpc) is 2.82. The Hall–Kier alpha value is -1.39. The van der Waals surface area contributed by atoms with Crippen LogP contribution >= 0.6 is 11.6 Å². The highest BCUT2D eigenvalue weighted by atomic mass is 35.5. The zero-order chi connectivity index (χ0) is 13.0. The van der Waals surface area contributed by atoms with Crippen LogP contribution in [0.2, 0.25) is 5.02 Å². The van der Waals surface area contributed by atoms with Gasteiger partial charge in [0.2, 0.25) is 0 Å². The molecule has 0 aliphatic carbocycles. The van der Waals surface area contributed by atoms with Gasteiger partial charge in [0, 0.05) is 6.54 Å². The number of nitrogens with one attached hydrogen (secondary N) is 1. The third kappa shape index (κ3) is 3.31. The molecular weight excluding hydrogens is 248 g/mol. The highest BCUT2D eigenvalue weighted by Gasteiger charge is 2.04. The van der Waals surface area contributed by atoms with Gasteiger partial charge in [0.05, 0.1) is 10.7 Å². The summed E-state index contributed by atoms with van der Waals surface area (Å²) >= 11 is 6.25. The van der Waals surface area contributed by atoms with Gasteiger partial charge in [0.1, 0.15) is 12.7 Å². The molecule has 0 unspecified atom stereocenters. The van der Waals surface area contributed by atoms with Crippen LogP contribution in [0, 0.1) is 5.92 Å². The van der Waals surface area contributed by atoms with Crippen LogP contribution in [0.1, 0.15) is 19.4 Å². The zero-order valence-electron chi connectivity index (χ0n) is 10.6. The maximum Gasteiger partial charge on any atom is 0.138 e. The molecule has 1 heterocycles. The van der Waals surface area contributed by atoms with E-state index >= 15 is 0 Å². The van der Waals surface area contributed by atoms with E-state index in [0.29, 0.717) is 10.9 Å². The lowest BCUT2D eigenvalue weighted by atomic mass is 10.2. The number of nitrogens with zero attached hydrogens (tertiary/aromatic N) is 3. The Labute approximate surface area is 112 Å². The largest absolute Gasteiger partial charge is 0.312 e. The van der Waals surface area contributed by atoms with Crippen molar-refractivity contribution in [3.8, 4) is 5.69 Å². The van der Waals surface area contributed by atoms with Crippen molar-refractivity contribution in [3.05, 3.63) is 41.4 Å². The van der Waals surface area contributed by atoms with Crippen LogP contribution in [0.4, 0.5) is 0 Å². The maximum atomic E-state index is 6.25. The second kappa shape index (κ2) is 5.98. The van der Waals surface area contributed by atoms with Gasteiger partial charge in [0.25, 0.3) is 0 Å². The lowest BCUT2D eigenvalue weighted by Crippen LogP contribution is -2.18. The molecule has 1 N–H and O–H groups in total. The van der Waals surface area contributed by atoms with Crippen molar-refractivity contribution in [2.75, 3.05) is 6.54 Å². The quantitative estimate of drug-likeness (QED) is 0.903. The van der Waals surface area contributed by atoms with E-state index in [0.717, 1.165) is 18.8 Å². The molecule has 0 radical (unpaired) electrons. The molecule has 0 atom stereocenters. The second-order valence-electron chi connectivity index (χ2n) is 4.65. The van der Waals surface area contributed by atoms with Crippen LogP contribution in [0.15, 0.2) is 30.9 Å². The number of benzene rings is 1. The van der Waals surface area contributed by atoms with Crippen LogP contribution in [0.25, 0.3) is 5.69 Å². The van der Waals surface area contributed by atoms with Crippen LogP contribution in [0.3, 0.4) is 0 Å². The predicted molar refractivity (Wildman–Crippen MR) is 72.9 cm³/mol. The Morgan fingerprint density at radius 2 is 2.22 bits per heavy atom. The van der Waals surface area contributed by atoms with Crippen LogP contribution in [-0.2, 0) is 6.54 Å². The fourth-order valence-corrected chi connectivity index (χ4v) is 1.97. The smallest absolute Gasteiger partial charge is 0.138 e. The highest BCUT2D eigenvalue weighted by Crippen LogP contribution is 2.20. The first-order valence-electron chi connectivity index (χ1n) is 6.01. The van der Waals surface area contributed by atoms with Gasteiger partial charge in [-0.2, -0.15) is 5.10 Å². The van der Waals surface area contributed by atoms with E-state index in [1.165, 1.54) is 11.9 Å². The molecule has 2 aromatic rings. The first-order chi connectivity index (χ1) is 8.66. The number of rotatable bonds is 5. The van der Waals surface area contributed by atoms with Crippen LogP contribution in [-0.4, -0.2) is 21.3 Å². The lowest BCUT2D eigenvalue weighted by molar-refractivity contribution is 0.552. The summed E-state index contributed by atoms with van der Waals surface area (Å²) in [5.41, 5.74) is 2.02. The number of hydrogen-bond donors (Lipinski definition) is 1. The van der Waals surface area contributed by atoms with Gasteiger partial charge in [-0.25, -0.2) is 9.67 Å². The predicted octanol–water partition coefficient (Wildman–Crippen LogP) is 2.67. The monoisotopic (exact) mass is 264 g/mol. The van der Waals surface area contributed by atoms with E-state index in [4.69, 9.17) is 11.6 Å². The molecule has 0 spiro atoms. The fraction of sp³-hybridized carbons (Fsp3) is 0.385. The van der Waals surface area contributed by atoms with Crippen molar-refractivity contribution in [1.29, 1.82) is 0 Å². The summed E-state index contributed by atoms with van der Waals surface area (Å²) in [6, 6.07) is 5.98. The summed E-state index contributed by atoms with van der Waals surface area (Å²) in [4.78, 5) is 3.91. The summed E-state index contributed by atoms with van der Waals surface area (Å²) in [5, 5.41) is 8.14. The molecule has 18 heavy (non-hydrogen) atoms. The van der Waals surface area contributed by atoms with Crippen molar-refractivity contribution in [2.24, 2.45) is 5.92 Å². The molecule has 0 saturated heterocycles. The first kappa shape index (κ1) is 13.1. The van der Waals surface area contributed by atoms with Gasteiger partial charge >= 0.3 is 0 Å². The van der Waals surface area contributed by atoms with Crippen molar-refractivity contribution in [2.45, 2.75) is 20.4 Å². The average molecular weight is 265 g/mol. The van der Waals surface area contributed by atoms with Crippen LogP contribution < -0.4 is 5.32 Å². The summed E-state index contributed by atoms with van der Waals surface area (Å²) in [6.45, 7) is 6.21. The van der Waals surface area contributed by atoms with Crippen molar-refractivity contribution < 1.29 is 0 Å². The summed E-state index contributed by atoms with van der Waals surface area (Å²) in [6.07, 6.45) is 3.13. The first-order valence-corrected chi connectivity index (χ1v) is 6.38. The van der Waals surface area contributed by atoms with E-state index < -0.39 is 0 Å². The minimum Gasteiger partial charge on any atom is -0.312 e. The lowest BCUT2D eigenvalue weighted by Gasteiger charge is -2.09. The summed E-state index contributed by atoms with van der Waals surface area (Å²) < 4.78 is 1.66. The minimum atomic E-state index is 0.648. The highest BCUT2D eigenvalue weighted by molar-refractivity contribution is 6.32. The van der Waals surface area contributed by atoms with E-state index in [9.17, 15) is 0 Å². The summed E-state index contributed by atoms with van der Waals surface area (Å²) in [7, 11) is 0. The van der Waals surface area contributed by atoms with Crippen molar-refractivity contribution >= 4 is 11.6 Å². The van der Waals surface area contributed by atoms with E-state index in [2.05, 4.69) is 35.3 Å². The van der Waals surface area contributed by atoms with E-state index in [1.807, 2.05) is 12.1 Å². The van der Waals surface area contributed by atoms with Gasteiger partial charge in [-0.1, -0.05) is 31.5 Å². The second-order valence-corrected chi connectivity index (χ2v) is 5.06. The molecule has 4 nitrogen and oxygen atoms in total. The topological polar surface area (TPSA) is 42.7 Å². The van der Waals surface area contributed by atoms with E-state index in [1.54, 1.807) is 11.0 Å². The molecule has 0 bridgehead atoms. The molecule has 0 saturated carbocycles. The van der Waals surface area contributed by atoms with Crippen LogP contribution in [0.5, 0.6) is 0 Å². The molecular formula is C13H17ClN4. The van der Waals surface area contributed by atoms with Gasteiger partial charge in [-0.05, 0) is 30.2 Å². The normalized spacial score (nSPS) is 11.1. The molecule has 0 fully saturated rings. The Morgan fingerprint density at radius 3 is 2.83 bits per heavy atom. The molecule has 1 aromatic heterocycles. The summed E-state index contributed by atoms with van der Waals surface area (Å²) in [5.74, 6) is 0.648. The van der Waals surface area contributed by atoms with Crippen molar-refractivity contribution in [3.63, 3.8) is 0 Å². The molecule has 0 aliphatic rings. The Bertz CT molecular complexity index is 494. The molecule has 5 heteroatoms. The Balaban J connectivity index is 2.06. The van der Waals surface area contributed by atoms with Gasteiger partial charge in [0.15, 0.2) is 0 Å². The maximum absolute atomic E-state index is 6.25. The fourth-order valence-electron chi connectivity index (χ4n) is 1.68. The Kier molecular flexibility index (Phi) is 4.33. The van der Waals surface area contributed by atoms with Gasteiger partial charge < -0.3 is 5.32 Å². The van der Waals surface area contributed by atoms with Crippen molar-refractivity contribution in [1.82, 2.24) is 20.1 Å². The molecule has 2 rings (SSSR count). The van der Waals surface area contributed by atoms with E-state index in [-0.39, 0.29) is 0 Å². The standard InChI is InChI=1S/C13H17ClN4/c1-10(2)6-15-7-11-3-4-13(12(14)5-11)18-9-16-8-17-18/h3-5,8-10,15H,6-7H2,1-2H3. The zero-order valence-corrected chi connectivity index (χ0v) is 11.4. The number of halogens is 1. The number of aromatic nitrogens is 3. The molecule has 0 aliphatic heterocycles. The number of hydrogen-bond acceptors (Lipinski definition) is 3. The minimum absolute atomic E-state index is 0.648. The van der Waals surface area contributed by atoms with Gasteiger partial charge in [-0.3, -0.25) is 0 Å². The third-order valence-electron chi connectivity index (χ3n) is 2.56. The molecule has 0 amide bonds. The third-order valence-corrected chi connectivity index (χ3v) is 2.86. The SMILES string of the molecule is CC(C)CNCc1ccc(-n2cncn2)c(Cl)c1.